The normalized spacial score (nSPS) is 11.1. The molecule has 0 spiro atoms. The number of rotatable bonds is 3. The van der Waals surface area contributed by atoms with Gasteiger partial charge in [-0.25, -0.2) is 4.39 Å². The molecule has 4 heteroatoms. The van der Waals surface area contributed by atoms with Crippen molar-refractivity contribution in [3.05, 3.63) is 78.1 Å². The summed E-state index contributed by atoms with van der Waals surface area (Å²) in [4.78, 5) is 0. The number of fused-ring (bicyclic) bond motifs is 1. The molecule has 0 aliphatic rings. The first-order valence-corrected chi connectivity index (χ1v) is 7.61. The van der Waals surface area contributed by atoms with Crippen molar-refractivity contribution in [1.82, 2.24) is 5.16 Å². The molecule has 0 bridgehead atoms. The van der Waals surface area contributed by atoms with Crippen LogP contribution in [0.1, 0.15) is 5.56 Å². The highest BCUT2D eigenvalue weighted by Crippen LogP contribution is 2.34. The Morgan fingerprint density at radius 2 is 1.67 bits per heavy atom. The van der Waals surface area contributed by atoms with Crippen LogP contribution in [-0.4, -0.2) is 10.3 Å². The van der Waals surface area contributed by atoms with Gasteiger partial charge in [0.25, 0.3) is 0 Å². The first kappa shape index (κ1) is 14.6. The van der Waals surface area contributed by atoms with Crippen LogP contribution in [0.4, 0.5) is 4.39 Å². The summed E-state index contributed by atoms with van der Waals surface area (Å²) >= 11 is 0. The molecule has 0 fully saturated rings. The van der Waals surface area contributed by atoms with Crippen LogP contribution in [0.15, 0.2) is 71.3 Å². The summed E-state index contributed by atoms with van der Waals surface area (Å²) in [5, 5.41) is 16.1. The van der Waals surface area contributed by atoms with E-state index in [4.69, 9.17) is 4.52 Å². The summed E-state index contributed by atoms with van der Waals surface area (Å²) in [5.41, 5.74) is 2.13. The molecule has 1 heterocycles. The molecule has 0 unspecified atom stereocenters. The standard InChI is InChI=1S/C20H14FNO2/c21-18-8-4-3-7-16(18)20-17(12-23)19(22-24-20)15-10-9-13-5-1-2-6-14(13)11-15/h1-11,23H,12H2. The molecule has 0 saturated carbocycles. The summed E-state index contributed by atoms with van der Waals surface area (Å²) < 4.78 is 19.4. The van der Waals surface area contributed by atoms with Gasteiger partial charge in [0.05, 0.1) is 17.7 Å². The van der Waals surface area contributed by atoms with Gasteiger partial charge in [-0.05, 0) is 29.0 Å². The zero-order valence-electron chi connectivity index (χ0n) is 12.7. The molecular weight excluding hydrogens is 305 g/mol. The lowest BCUT2D eigenvalue weighted by Crippen LogP contribution is -1.91. The molecule has 0 saturated heterocycles. The van der Waals surface area contributed by atoms with Gasteiger partial charge >= 0.3 is 0 Å². The van der Waals surface area contributed by atoms with Crippen molar-refractivity contribution < 1.29 is 14.0 Å². The molecular formula is C20H14FNO2. The lowest BCUT2D eigenvalue weighted by atomic mass is 10.00. The van der Waals surface area contributed by atoms with Crippen molar-refractivity contribution in [2.24, 2.45) is 0 Å². The van der Waals surface area contributed by atoms with Crippen LogP contribution in [0.5, 0.6) is 0 Å². The Kier molecular flexibility index (Phi) is 3.59. The third kappa shape index (κ3) is 2.37. The number of aromatic nitrogens is 1. The summed E-state index contributed by atoms with van der Waals surface area (Å²) in [5.74, 6) is -0.146. The van der Waals surface area contributed by atoms with E-state index in [0.29, 0.717) is 16.8 Å². The molecule has 0 aliphatic heterocycles. The van der Waals surface area contributed by atoms with Crippen molar-refractivity contribution in [1.29, 1.82) is 0 Å². The molecule has 0 atom stereocenters. The zero-order chi connectivity index (χ0) is 16.5. The average Bonchev–Trinajstić information content (AvgIpc) is 3.05. The molecule has 3 aromatic carbocycles. The number of nitrogens with zero attached hydrogens (tertiary/aromatic N) is 1. The SMILES string of the molecule is OCc1c(-c2ccc3ccccc3c2)noc1-c1ccccc1F. The van der Waals surface area contributed by atoms with Crippen molar-refractivity contribution >= 4 is 10.8 Å². The van der Waals surface area contributed by atoms with Crippen molar-refractivity contribution in [2.75, 3.05) is 0 Å². The van der Waals surface area contributed by atoms with Gasteiger partial charge in [-0.1, -0.05) is 53.7 Å². The second kappa shape index (κ2) is 5.91. The van der Waals surface area contributed by atoms with Gasteiger partial charge in [-0.2, -0.15) is 0 Å². The third-order valence-electron chi connectivity index (χ3n) is 4.09. The third-order valence-corrected chi connectivity index (χ3v) is 4.09. The number of hydrogen-bond donors (Lipinski definition) is 1. The zero-order valence-corrected chi connectivity index (χ0v) is 12.7. The Bertz CT molecular complexity index is 1020. The maximum Gasteiger partial charge on any atom is 0.175 e. The van der Waals surface area contributed by atoms with Crippen LogP contribution < -0.4 is 0 Å². The van der Waals surface area contributed by atoms with Crippen LogP contribution in [0.25, 0.3) is 33.4 Å². The molecule has 0 aliphatic carbocycles. The number of aliphatic hydroxyl groups is 1. The van der Waals surface area contributed by atoms with E-state index in [0.717, 1.165) is 16.3 Å². The summed E-state index contributed by atoms with van der Waals surface area (Å²) in [7, 11) is 0. The fourth-order valence-electron chi connectivity index (χ4n) is 2.88. The van der Waals surface area contributed by atoms with E-state index in [9.17, 15) is 9.50 Å². The largest absolute Gasteiger partial charge is 0.391 e. The number of hydrogen-bond acceptors (Lipinski definition) is 3. The number of halogens is 1. The minimum atomic E-state index is -0.409. The predicted octanol–water partition coefficient (Wildman–Crippen LogP) is 4.79. The maximum absolute atomic E-state index is 14.0. The van der Waals surface area contributed by atoms with E-state index < -0.39 is 5.82 Å². The molecule has 1 aromatic heterocycles. The van der Waals surface area contributed by atoms with E-state index in [1.165, 1.54) is 6.07 Å². The quantitative estimate of drug-likeness (QED) is 0.590. The lowest BCUT2D eigenvalue weighted by molar-refractivity contribution is 0.281. The Morgan fingerprint density at radius 1 is 0.917 bits per heavy atom. The Morgan fingerprint density at radius 3 is 2.46 bits per heavy atom. The van der Waals surface area contributed by atoms with E-state index >= 15 is 0 Å². The fourth-order valence-corrected chi connectivity index (χ4v) is 2.88. The highest BCUT2D eigenvalue weighted by atomic mass is 19.1. The van der Waals surface area contributed by atoms with Crippen LogP contribution in [0.2, 0.25) is 0 Å². The van der Waals surface area contributed by atoms with E-state index in [2.05, 4.69) is 5.16 Å². The lowest BCUT2D eigenvalue weighted by Gasteiger charge is -2.04. The van der Waals surface area contributed by atoms with Crippen LogP contribution >= 0.6 is 0 Å². The highest BCUT2D eigenvalue weighted by molar-refractivity contribution is 5.87. The molecule has 4 rings (SSSR count). The molecule has 0 radical (unpaired) electrons. The Hall–Kier alpha value is -2.98. The summed E-state index contributed by atoms with van der Waals surface area (Å²) in [6, 6.07) is 20.2. The second-order valence-corrected chi connectivity index (χ2v) is 5.54. The first-order valence-electron chi connectivity index (χ1n) is 7.61. The first-order chi connectivity index (χ1) is 11.8. The van der Waals surface area contributed by atoms with Crippen molar-refractivity contribution in [2.45, 2.75) is 6.61 Å². The van der Waals surface area contributed by atoms with Crippen molar-refractivity contribution in [3.63, 3.8) is 0 Å². The van der Waals surface area contributed by atoms with Gasteiger partial charge in [0, 0.05) is 5.56 Å². The second-order valence-electron chi connectivity index (χ2n) is 5.54. The van der Waals surface area contributed by atoms with Gasteiger partial charge in [0.2, 0.25) is 0 Å². The molecule has 24 heavy (non-hydrogen) atoms. The Balaban J connectivity index is 1.88. The van der Waals surface area contributed by atoms with E-state index in [-0.39, 0.29) is 12.4 Å². The molecule has 0 amide bonds. The van der Waals surface area contributed by atoms with Crippen LogP contribution in [0.3, 0.4) is 0 Å². The van der Waals surface area contributed by atoms with Gasteiger partial charge in [0.1, 0.15) is 11.5 Å². The Labute approximate surface area is 138 Å². The summed E-state index contributed by atoms with van der Waals surface area (Å²) in [6.07, 6.45) is 0. The highest BCUT2D eigenvalue weighted by Gasteiger charge is 2.20. The van der Waals surface area contributed by atoms with Crippen LogP contribution in [-0.2, 0) is 6.61 Å². The maximum atomic E-state index is 14.0. The smallest absolute Gasteiger partial charge is 0.175 e. The topological polar surface area (TPSA) is 46.3 Å². The molecule has 4 aromatic rings. The molecule has 3 nitrogen and oxygen atoms in total. The predicted molar refractivity (Wildman–Crippen MR) is 90.8 cm³/mol. The molecule has 118 valence electrons. The molecule has 1 N–H and O–H groups in total. The fraction of sp³-hybridized carbons (Fsp3) is 0.0500. The van der Waals surface area contributed by atoms with E-state index in [1.807, 2.05) is 42.5 Å². The van der Waals surface area contributed by atoms with Crippen LogP contribution in [0, 0.1) is 5.82 Å². The van der Waals surface area contributed by atoms with Gasteiger partial charge < -0.3 is 9.63 Å². The van der Waals surface area contributed by atoms with Gasteiger partial charge in [-0.15, -0.1) is 0 Å². The number of benzene rings is 3. The minimum absolute atomic E-state index is 0.263. The summed E-state index contributed by atoms with van der Waals surface area (Å²) in [6.45, 7) is -0.282. The van der Waals surface area contributed by atoms with Gasteiger partial charge in [-0.3, -0.25) is 0 Å². The average molecular weight is 319 g/mol. The van der Waals surface area contributed by atoms with E-state index in [1.54, 1.807) is 18.2 Å². The van der Waals surface area contributed by atoms with Crippen molar-refractivity contribution in [3.8, 4) is 22.6 Å². The number of aliphatic hydroxyl groups excluding tert-OH is 1. The minimum Gasteiger partial charge on any atom is -0.391 e. The van der Waals surface area contributed by atoms with Gasteiger partial charge in [0.15, 0.2) is 5.76 Å². The monoisotopic (exact) mass is 319 g/mol.